The van der Waals surface area contributed by atoms with Crippen LogP contribution in [0.3, 0.4) is 0 Å². The Morgan fingerprint density at radius 1 is 0.905 bits per heavy atom. The monoisotopic (exact) mass is 605 g/mol. The number of aliphatic hydroxyl groups is 3. The number of benzene rings is 3. The van der Waals surface area contributed by atoms with Crippen LogP contribution in [-0.2, 0) is 19.6 Å². The summed E-state index contributed by atoms with van der Waals surface area (Å²) in [7, 11) is -3.54. The minimum absolute atomic E-state index is 0.0275. The van der Waals surface area contributed by atoms with E-state index >= 15 is 0 Å². The van der Waals surface area contributed by atoms with E-state index in [0.717, 1.165) is 28.4 Å². The van der Waals surface area contributed by atoms with E-state index < -0.39 is 40.3 Å². The number of aromatic hydroxyl groups is 1. The highest BCUT2D eigenvalue weighted by atomic mass is 32.2. The number of ether oxygens (including phenoxy) is 1. The smallest absolute Gasteiger partial charge is 0.335 e. The van der Waals surface area contributed by atoms with E-state index in [0.29, 0.717) is 18.7 Å². The number of carboxylic acids is 2. The van der Waals surface area contributed by atoms with Crippen LogP contribution < -0.4 is 14.8 Å². The second-order valence-electron chi connectivity index (χ2n) is 9.16. The molecule has 15 heteroatoms. The van der Waals surface area contributed by atoms with Crippen LogP contribution in [0.5, 0.6) is 11.5 Å². The molecule has 3 atom stereocenters. The number of sulfonamides is 1. The van der Waals surface area contributed by atoms with E-state index in [1.54, 1.807) is 6.07 Å². The fourth-order valence-corrected chi connectivity index (χ4v) is 4.40. The van der Waals surface area contributed by atoms with Gasteiger partial charge in [-0.1, -0.05) is 24.3 Å². The van der Waals surface area contributed by atoms with Crippen molar-refractivity contribution in [3.63, 3.8) is 0 Å². The molecule has 0 saturated heterocycles. The first kappa shape index (κ1) is 32.1. The van der Waals surface area contributed by atoms with Crippen LogP contribution in [0.1, 0.15) is 11.7 Å². The van der Waals surface area contributed by atoms with Crippen molar-refractivity contribution in [2.24, 2.45) is 0 Å². The van der Waals surface area contributed by atoms with Crippen molar-refractivity contribution in [1.82, 2.24) is 10.3 Å². The van der Waals surface area contributed by atoms with Crippen LogP contribution in [0.25, 0.3) is 21.8 Å². The van der Waals surface area contributed by atoms with E-state index in [9.17, 15) is 28.2 Å². The number of phenols is 1. The number of hydrogen-bond donors (Lipinski definition) is 9. The SMILES string of the molecule is CS(=O)(=O)Nc1cc([C@@H](O)CNCCOc2ccc3c(c2)[nH]c2ccccc23)ccc1O.O=C(O)C(O)C(O)C(=O)O. The van der Waals surface area contributed by atoms with E-state index in [1.807, 2.05) is 36.4 Å². The van der Waals surface area contributed by atoms with Crippen LogP contribution in [0.4, 0.5) is 5.69 Å². The van der Waals surface area contributed by atoms with Crippen molar-refractivity contribution >= 4 is 49.5 Å². The van der Waals surface area contributed by atoms with Crippen LogP contribution in [0.2, 0.25) is 0 Å². The van der Waals surface area contributed by atoms with E-state index in [1.165, 1.54) is 17.5 Å². The van der Waals surface area contributed by atoms with Crippen LogP contribution in [0, 0.1) is 0 Å². The third kappa shape index (κ3) is 8.79. The van der Waals surface area contributed by atoms with Gasteiger partial charge in [0.05, 0.1) is 23.6 Å². The summed E-state index contributed by atoms with van der Waals surface area (Å²) in [6, 6.07) is 18.4. The van der Waals surface area contributed by atoms with Gasteiger partial charge in [0.25, 0.3) is 0 Å². The third-order valence-corrected chi connectivity index (χ3v) is 6.46. The molecule has 14 nitrogen and oxygen atoms in total. The molecule has 0 aliphatic carbocycles. The lowest BCUT2D eigenvalue weighted by Gasteiger charge is -2.15. The molecule has 1 aromatic heterocycles. The molecule has 1 heterocycles. The quantitative estimate of drug-likeness (QED) is 0.0811. The minimum atomic E-state index is -3.54. The molecule has 42 heavy (non-hydrogen) atoms. The number of rotatable bonds is 12. The number of carbonyl (C=O) groups is 2. The van der Waals surface area contributed by atoms with Gasteiger partial charge < -0.3 is 45.7 Å². The normalized spacial score (nSPS) is 13.5. The van der Waals surface area contributed by atoms with Crippen molar-refractivity contribution < 1.29 is 53.4 Å². The average molecular weight is 606 g/mol. The predicted octanol–water partition coefficient (Wildman–Crippen LogP) is 0.978. The van der Waals surface area contributed by atoms with Gasteiger partial charge in [0.15, 0.2) is 12.2 Å². The minimum Gasteiger partial charge on any atom is -0.506 e. The molecule has 0 saturated carbocycles. The maximum absolute atomic E-state index is 11.4. The van der Waals surface area contributed by atoms with E-state index in [2.05, 4.69) is 21.1 Å². The summed E-state index contributed by atoms with van der Waals surface area (Å²) in [4.78, 5) is 22.9. The Morgan fingerprint density at radius 3 is 2.19 bits per heavy atom. The molecule has 4 aromatic rings. The van der Waals surface area contributed by atoms with E-state index in [4.69, 9.17) is 25.2 Å². The first-order chi connectivity index (χ1) is 19.8. The van der Waals surface area contributed by atoms with Gasteiger partial charge in [-0.15, -0.1) is 0 Å². The number of carboxylic acid groups (broad SMARTS) is 2. The number of aromatic nitrogens is 1. The summed E-state index contributed by atoms with van der Waals surface area (Å²) in [5.41, 5.74) is 2.60. The molecule has 0 aliphatic rings. The van der Waals surface area contributed by atoms with Crippen LogP contribution >= 0.6 is 0 Å². The molecular formula is C27H31N3O11S. The molecule has 0 spiro atoms. The van der Waals surface area contributed by atoms with Gasteiger partial charge >= 0.3 is 11.9 Å². The molecule has 226 valence electrons. The fourth-order valence-electron chi connectivity index (χ4n) is 3.83. The summed E-state index contributed by atoms with van der Waals surface area (Å²) in [6.07, 6.45) is -4.42. The molecule has 0 fully saturated rings. The predicted molar refractivity (Wildman–Crippen MR) is 153 cm³/mol. The lowest BCUT2D eigenvalue weighted by Crippen LogP contribution is -2.39. The van der Waals surface area contributed by atoms with Gasteiger partial charge in [-0.25, -0.2) is 18.0 Å². The van der Waals surface area contributed by atoms with Crippen LogP contribution in [0.15, 0.2) is 60.7 Å². The number of para-hydroxylation sites is 1. The first-order valence-electron chi connectivity index (χ1n) is 12.4. The van der Waals surface area contributed by atoms with Gasteiger partial charge in [0.1, 0.15) is 18.1 Å². The molecular weight excluding hydrogens is 574 g/mol. The Balaban J connectivity index is 0.000000416. The van der Waals surface area contributed by atoms with Crippen molar-refractivity contribution in [2.75, 3.05) is 30.7 Å². The third-order valence-electron chi connectivity index (χ3n) is 5.87. The zero-order valence-electron chi connectivity index (χ0n) is 22.3. The second-order valence-corrected chi connectivity index (χ2v) is 10.9. The van der Waals surface area contributed by atoms with Crippen LogP contribution in [-0.4, -0.2) is 94.1 Å². The summed E-state index contributed by atoms with van der Waals surface area (Å²) < 4.78 is 30.8. The van der Waals surface area contributed by atoms with Gasteiger partial charge in [0, 0.05) is 35.4 Å². The number of fused-ring (bicyclic) bond motifs is 3. The highest BCUT2D eigenvalue weighted by molar-refractivity contribution is 7.92. The molecule has 2 unspecified atom stereocenters. The number of aliphatic hydroxyl groups excluding tert-OH is 3. The largest absolute Gasteiger partial charge is 0.506 e. The average Bonchev–Trinajstić information content (AvgIpc) is 3.30. The topological polar surface area (TPSA) is 239 Å². The summed E-state index contributed by atoms with van der Waals surface area (Å²) in [5, 5.41) is 58.1. The fraction of sp³-hybridized carbons (Fsp3) is 0.259. The van der Waals surface area contributed by atoms with Crippen molar-refractivity contribution in [2.45, 2.75) is 18.3 Å². The van der Waals surface area contributed by atoms with Crippen molar-refractivity contribution in [1.29, 1.82) is 0 Å². The highest BCUT2D eigenvalue weighted by Gasteiger charge is 2.29. The number of nitrogens with one attached hydrogen (secondary N) is 3. The van der Waals surface area contributed by atoms with Gasteiger partial charge in [-0.3, -0.25) is 4.72 Å². The zero-order valence-corrected chi connectivity index (χ0v) is 23.1. The number of aliphatic carboxylic acids is 2. The van der Waals surface area contributed by atoms with Crippen molar-refractivity contribution in [3.05, 3.63) is 66.2 Å². The number of anilines is 1. The molecule has 0 bridgehead atoms. The maximum Gasteiger partial charge on any atom is 0.335 e. The molecule has 0 aliphatic heterocycles. The Morgan fingerprint density at radius 2 is 1.55 bits per heavy atom. The maximum atomic E-state index is 11.4. The highest BCUT2D eigenvalue weighted by Crippen LogP contribution is 2.29. The Hall–Kier alpha value is -4.41. The molecule has 0 radical (unpaired) electrons. The number of aromatic amines is 1. The van der Waals surface area contributed by atoms with E-state index in [-0.39, 0.29) is 18.0 Å². The number of phenolic OH excluding ortho intramolecular Hbond substituents is 1. The Bertz CT molecular complexity index is 1640. The van der Waals surface area contributed by atoms with Gasteiger partial charge in [0.2, 0.25) is 10.0 Å². The second kappa shape index (κ2) is 14.0. The molecule has 4 rings (SSSR count). The number of H-pyrrole nitrogens is 1. The molecule has 3 aromatic carbocycles. The van der Waals surface area contributed by atoms with Gasteiger partial charge in [-0.05, 0) is 35.9 Å². The van der Waals surface area contributed by atoms with Crippen molar-refractivity contribution in [3.8, 4) is 11.5 Å². The Kier molecular flexibility index (Phi) is 10.7. The summed E-state index contributed by atoms with van der Waals surface area (Å²) >= 11 is 0. The Labute approximate surface area is 239 Å². The number of hydrogen-bond acceptors (Lipinski definition) is 10. The standard InChI is InChI=1S/C23H25N3O5S.C4H6O6/c1-32(29,30)26-21-12-15(6-9-22(21)27)23(28)14-24-10-11-31-16-7-8-18-17-4-2-3-5-19(17)25-20(18)13-16;5-1(3(7)8)2(6)4(9)10/h2-9,12-13,23-28H,10-11,14H2,1H3;1-2,5-6H,(H,7,8)(H,9,10)/t23-;/m0./s1. The summed E-state index contributed by atoms with van der Waals surface area (Å²) in [6.45, 7) is 1.16. The molecule has 9 N–H and O–H groups in total. The lowest BCUT2D eigenvalue weighted by atomic mass is 10.1. The first-order valence-corrected chi connectivity index (χ1v) is 14.3. The van der Waals surface area contributed by atoms with Gasteiger partial charge in [-0.2, -0.15) is 0 Å². The summed E-state index contributed by atoms with van der Waals surface area (Å²) in [5.74, 6) is -2.99. The zero-order chi connectivity index (χ0) is 31.0. The molecule has 0 amide bonds. The lowest BCUT2D eigenvalue weighted by molar-refractivity contribution is -0.165.